The summed E-state index contributed by atoms with van der Waals surface area (Å²) in [7, 11) is 3.30. The second kappa shape index (κ2) is 11.5. The van der Waals surface area contributed by atoms with Gasteiger partial charge in [-0.1, -0.05) is 6.07 Å². The van der Waals surface area contributed by atoms with Crippen LogP contribution in [0.4, 0.5) is 23.2 Å². The van der Waals surface area contributed by atoms with Gasteiger partial charge in [-0.2, -0.15) is 8.78 Å². The number of H-pyrrole nitrogens is 1. The van der Waals surface area contributed by atoms with Gasteiger partial charge in [0.25, 0.3) is 11.2 Å². The molecule has 0 spiro atoms. The van der Waals surface area contributed by atoms with Crippen molar-refractivity contribution in [2.24, 2.45) is 0 Å². The molecule has 4 aromatic rings. The van der Waals surface area contributed by atoms with Gasteiger partial charge in [0.1, 0.15) is 11.6 Å². The van der Waals surface area contributed by atoms with Gasteiger partial charge in [0.2, 0.25) is 5.88 Å². The van der Waals surface area contributed by atoms with Crippen molar-refractivity contribution in [3.8, 4) is 22.7 Å². The maximum atomic E-state index is 14.7. The number of pyridine rings is 1. The molecule has 1 N–H and O–H groups in total. The lowest BCUT2D eigenvalue weighted by atomic mass is 9.91. The molecule has 0 bridgehead atoms. The van der Waals surface area contributed by atoms with Crippen LogP contribution in [0.15, 0.2) is 64.4 Å². The summed E-state index contributed by atoms with van der Waals surface area (Å²) in [5.74, 6) is -2.24. The van der Waals surface area contributed by atoms with E-state index in [1.54, 1.807) is 19.0 Å². The second-order valence-corrected chi connectivity index (χ2v) is 8.88. The highest BCUT2D eigenvalue weighted by molar-refractivity contribution is 5.85. The fourth-order valence-corrected chi connectivity index (χ4v) is 4.31. The number of aromatic amines is 1. The molecular formula is C26H21F4N5O5. The summed E-state index contributed by atoms with van der Waals surface area (Å²) in [4.78, 5) is 44.0. The lowest BCUT2D eigenvalue weighted by molar-refractivity contribution is -0.385. The van der Waals surface area contributed by atoms with Crippen LogP contribution in [0.2, 0.25) is 0 Å². The van der Waals surface area contributed by atoms with E-state index in [4.69, 9.17) is 0 Å². The van der Waals surface area contributed by atoms with Crippen molar-refractivity contribution in [2.75, 3.05) is 14.1 Å². The maximum absolute atomic E-state index is 14.7. The molecule has 0 unspecified atom stereocenters. The first-order chi connectivity index (χ1) is 19.0. The summed E-state index contributed by atoms with van der Waals surface area (Å²) in [5, 5.41) is 12.5. The molecule has 0 saturated heterocycles. The van der Waals surface area contributed by atoms with Crippen molar-refractivity contribution in [2.45, 2.75) is 19.6 Å². The maximum Gasteiger partial charge on any atom is 0.388 e. The van der Waals surface area contributed by atoms with Crippen LogP contribution in [0.25, 0.3) is 16.8 Å². The predicted octanol–water partition coefficient (Wildman–Crippen LogP) is 4.03. The van der Waals surface area contributed by atoms with Gasteiger partial charge in [-0.25, -0.2) is 18.6 Å². The van der Waals surface area contributed by atoms with Crippen LogP contribution in [0.5, 0.6) is 5.88 Å². The number of hydrogen-bond donors (Lipinski definition) is 1. The van der Waals surface area contributed by atoms with Crippen molar-refractivity contribution in [3.05, 3.63) is 114 Å². The van der Waals surface area contributed by atoms with Crippen molar-refractivity contribution in [3.63, 3.8) is 0 Å². The fourth-order valence-electron chi connectivity index (χ4n) is 4.31. The van der Waals surface area contributed by atoms with Crippen LogP contribution in [-0.4, -0.2) is 45.1 Å². The molecule has 0 aliphatic heterocycles. The summed E-state index contributed by atoms with van der Waals surface area (Å²) >= 11 is 0. The van der Waals surface area contributed by atoms with Gasteiger partial charge in [0.15, 0.2) is 0 Å². The molecule has 10 nitrogen and oxygen atoms in total. The zero-order chi connectivity index (χ0) is 29.1. The minimum atomic E-state index is -3.17. The number of rotatable bonds is 9. The number of ether oxygens (including phenoxy) is 1. The highest BCUT2D eigenvalue weighted by Crippen LogP contribution is 2.41. The lowest BCUT2D eigenvalue weighted by Gasteiger charge is -2.21. The number of aromatic nitrogens is 3. The van der Waals surface area contributed by atoms with Gasteiger partial charge in [-0.05, 0) is 43.9 Å². The molecule has 14 heteroatoms. The summed E-state index contributed by atoms with van der Waals surface area (Å²) in [5.41, 5.74) is -2.68. The summed E-state index contributed by atoms with van der Waals surface area (Å²) in [6.07, 6.45) is 1.66. The Hall–Kier alpha value is -4.85. The van der Waals surface area contributed by atoms with Crippen LogP contribution in [-0.2, 0) is 13.0 Å². The third-order valence-corrected chi connectivity index (χ3v) is 5.83. The van der Waals surface area contributed by atoms with E-state index in [2.05, 4.69) is 14.7 Å². The number of nitro benzene ring substituents is 1. The topological polar surface area (TPSA) is 123 Å². The Kier molecular flexibility index (Phi) is 8.09. The molecule has 0 amide bonds. The Morgan fingerprint density at radius 1 is 1.10 bits per heavy atom. The van der Waals surface area contributed by atoms with E-state index in [1.807, 2.05) is 0 Å². The van der Waals surface area contributed by atoms with Crippen molar-refractivity contribution >= 4 is 5.69 Å². The van der Waals surface area contributed by atoms with E-state index in [1.165, 1.54) is 18.2 Å². The Morgan fingerprint density at radius 2 is 1.80 bits per heavy atom. The molecule has 2 heterocycles. The molecule has 0 aliphatic carbocycles. The lowest BCUT2D eigenvalue weighted by Crippen LogP contribution is -2.29. The number of nitrogens with zero attached hydrogens (tertiary/aromatic N) is 4. The second-order valence-electron chi connectivity index (χ2n) is 8.88. The van der Waals surface area contributed by atoms with Gasteiger partial charge in [-0.3, -0.25) is 24.5 Å². The SMILES string of the molecule is CN(C)Cc1cc(Cc2c(F)cccc2F)c(-n2ccc(=O)[nH]c2=O)c(-c2ccc(OC(F)F)nc2)c1[N+](=O)[O-]. The van der Waals surface area contributed by atoms with Crippen LogP contribution >= 0.6 is 0 Å². The van der Waals surface area contributed by atoms with Gasteiger partial charge >= 0.3 is 12.3 Å². The largest absolute Gasteiger partial charge is 0.417 e. The van der Waals surface area contributed by atoms with Crippen molar-refractivity contribution in [1.29, 1.82) is 0 Å². The first kappa shape index (κ1) is 28.2. The summed E-state index contributed by atoms with van der Waals surface area (Å²) in [6.45, 7) is -3.16. The average Bonchev–Trinajstić information content (AvgIpc) is 2.86. The molecule has 2 aromatic heterocycles. The standard InChI is InChI=1S/C26H21F4N5O5/c1-33(2)13-16-10-15(11-17-18(27)4-3-5-19(17)28)23(34-9-8-20(36)32-26(34)37)22(24(16)35(38)39)14-6-7-21(31-12-14)40-25(29)30/h3-10,12,25H,11,13H2,1-2H3,(H,32,36,37). The van der Waals surface area contributed by atoms with Crippen LogP contribution < -0.4 is 16.0 Å². The number of nitro groups is 1. The molecule has 40 heavy (non-hydrogen) atoms. The number of alkyl halides is 2. The van der Waals surface area contributed by atoms with Gasteiger partial charge in [-0.15, -0.1) is 0 Å². The predicted molar refractivity (Wildman–Crippen MR) is 136 cm³/mol. The molecule has 0 saturated carbocycles. The van der Waals surface area contributed by atoms with E-state index in [9.17, 15) is 37.3 Å². The first-order valence-corrected chi connectivity index (χ1v) is 11.6. The number of nitrogens with one attached hydrogen (secondary N) is 1. The van der Waals surface area contributed by atoms with Crippen LogP contribution in [0, 0.1) is 21.7 Å². The van der Waals surface area contributed by atoms with E-state index in [0.29, 0.717) is 0 Å². The Morgan fingerprint density at radius 3 is 2.35 bits per heavy atom. The van der Waals surface area contributed by atoms with E-state index >= 15 is 0 Å². The van der Waals surface area contributed by atoms with Crippen LogP contribution in [0.3, 0.4) is 0 Å². The van der Waals surface area contributed by atoms with Gasteiger partial charge in [0.05, 0.1) is 16.2 Å². The monoisotopic (exact) mass is 559 g/mol. The van der Waals surface area contributed by atoms with E-state index < -0.39 is 52.4 Å². The Bertz CT molecular complexity index is 1670. The fraction of sp³-hybridized carbons (Fsp3) is 0.192. The first-order valence-electron chi connectivity index (χ1n) is 11.6. The number of hydrogen-bond acceptors (Lipinski definition) is 7. The minimum Gasteiger partial charge on any atom is -0.417 e. The van der Waals surface area contributed by atoms with Crippen molar-refractivity contribution in [1.82, 2.24) is 19.4 Å². The highest BCUT2D eigenvalue weighted by atomic mass is 19.3. The van der Waals surface area contributed by atoms with Crippen molar-refractivity contribution < 1.29 is 27.2 Å². The Labute approximate surface area is 223 Å². The summed E-state index contributed by atoms with van der Waals surface area (Å²) in [6, 6.07) is 7.90. The average molecular weight is 559 g/mol. The molecule has 2 aromatic carbocycles. The third kappa shape index (κ3) is 5.91. The smallest absolute Gasteiger partial charge is 0.388 e. The molecule has 0 radical (unpaired) electrons. The van der Waals surface area contributed by atoms with Gasteiger partial charge < -0.3 is 9.64 Å². The quantitative estimate of drug-likeness (QED) is 0.187. The third-order valence-electron chi connectivity index (χ3n) is 5.83. The molecule has 0 fully saturated rings. The minimum absolute atomic E-state index is 0.0108. The zero-order valence-electron chi connectivity index (χ0n) is 21.0. The van der Waals surface area contributed by atoms with Gasteiger partial charge in [0, 0.05) is 54.2 Å². The number of benzene rings is 2. The molecule has 208 valence electrons. The van der Waals surface area contributed by atoms with Crippen LogP contribution in [0.1, 0.15) is 16.7 Å². The molecule has 4 rings (SSSR count). The van der Waals surface area contributed by atoms with E-state index in [-0.39, 0.29) is 40.0 Å². The highest BCUT2D eigenvalue weighted by Gasteiger charge is 2.30. The summed E-state index contributed by atoms with van der Waals surface area (Å²) < 4.78 is 60.0. The zero-order valence-corrected chi connectivity index (χ0v) is 21.0. The molecule has 0 atom stereocenters. The normalized spacial score (nSPS) is 11.3. The molecule has 0 aliphatic rings. The Balaban J connectivity index is 2.14. The van der Waals surface area contributed by atoms with E-state index in [0.717, 1.165) is 41.2 Å². The molecular weight excluding hydrogens is 538 g/mol. The number of halogens is 4.